The van der Waals surface area contributed by atoms with E-state index in [1.54, 1.807) is 0 Å². The summed E-state index contributed by atoms with van der Waals surface area (Å²) in [6.45, 7) is 0. The molecule has 0 radical (unpaired) electrons. The fourth-order valence-electron chi connectivity index (χ4n) is 2.02. The van der Waals surface area contributed by atoms with E-state index in [4.69, 9.17) is 5.11 Å². The third-order valence-corrected chi connectivity index (χ3v) is 2.89. The molecule has 2 aromatic rings. The molecule has 1 atom stereocenters. The van der Waals surface area contributed by atoms with Gasteiger partial charge in [0.25, 0.3) is 0 Å². The van der Waals surface area contributed by atoms with Gasteiger partial charge in [0.2, 0.25) is 0 Å². The lowest BCUT2D eigenvalue weighted by molar-refractivity contribution is -0.147. The third kappa shape index (κ3) is 2.57. The normalized spacial score (nSPS) is 12.3. The van der Waals surface area contributed by atoms with Crippen molar-refractivity contribution >= 4 is 5.97 Å². The van der Waals surface area contributed by atoms with Crippen LogP contribution in [0.4, 0.5) is 0 Å². The molecule has 0 unspecified atom stereocenters. The van der Waals surface area contributed by atoms with Crippen LogP contribution in [0.25, 0.3) is 0 Å². The summed E-state index contributed by atoms with van der Waals surface area (Å²) in [5, 5.41) is 18.9. The zero-order valence-corrected chi connectivity index (χ0v) is 9.73. The first-order valence-corrected chi connectivity index (χ1v) is 5.71. The van der Waals surface area contributed by atoms with Crippen molar-refractivity contribution in [2.45, 2.75) is 12.0 Å². The second-order valence-electron chi connectivity index (χ2n) is 4.08. The molecule has 2 aromatic carbocycles. The van der Waals surface area contributed by atoms with Gasteiger partial charge in [-0.15, -0.1) is 0 Å². The predicted octanol–water partition coefficient (Wildman–Crippen LogP) is 2.26. The molecule has 0 amide bonds. The highest BCUT2D eigenvalue weighted by Gasteiger charge is 2.28. The molecule has 0 aromatic heterocycles. The van der Waals surface area contributed by atoms with E-state index in [0.717, 1.165) is 11.1 Å². The number of hydrogen-bond donors (Lipinski definition) is 2. The Hall–Kier alpha value is -2.13. The molecule has 3 nitrogen and oxygen atoms in total. The maximum atomic E-state index is 11.0. The van der Waals surface area contributed by atoms with Crippen molar-refractivity contribution in [3.8, 4) is 0 Å². The molecule has 3 heteroatoms. The minimum absolute atomic E-state index is 0.551. The van der Waals surface area contributed by atoms with Crippen molar-refractivity contribution in [2.24, 2.45) is 0 Å². The first kappa shape index (κ1) is 12.3. The molecular formula is C15H14O3. The van der Waals surface area contributed by atoms with Crippen LogP contribution in [0.15, 0.2) is 60.7 Å². The summed E-state index contributed by atoms with van der Waals surface area (Å²) < 4.78 is 0. The topological polar surface area (TPSA) is 57.5 Å². The lowest BCUT2D eigenvalue weighted by atomic mass is 9.86. The Morgan fingerprint density at radius 1 is 0.833 bits per heavy atom. The van der Waals surface area contributed by atoms with Crippen LogP contribution in [-0.2, 0) is 4.79 Å². The van der Waals surface area contributed by atoms with Crippen molar-refractivity contribution in [3.05, 3.63) is 71.8 Å². The fourth-order valence-corrected chi connectivity index (χ4v) is 2.02. The third-order valence-electron chi connectivity index (χ3n) is 2.89. The summed E-state index contributed by atoms with van der Waals surface area (Å²) in [5.74, 6) is -1.77. The summed E-state index contributed by atoms with van der Waals surface area (Å²) in [4.78, 5) is 11.0. The van der Waals surface area contributed by atoms with Crippen molar-refractivity contribution in [1.82, 2.24) is 0 Å². The van der Waals surface area contributed by atoms with Gasteiger partial charge in [0.1, 0.15) is 0 Å². The van der Waals surface area contributed by atoms with Crippen LogP contribution in [0, 0.1) is 0 Å². The fraction of sp³-hybridized carbons (Fsp3) is 0.133. The number of aliphatic carboxylic acids is 1. The number of carboxylic acids is 1. The minimum atomic E-state index is -1.45. The molecule has 0 aliphatic carbocycles. The summed E-state index contributed by atoms with van der Waals surface area (Å²) in [5.41, 5.74) is 1.58. The Labute approximate surface area is 105 Å². The van der Waals surface area contributed by atoms with Gasteiger partial charge in [-0.1, -0.05) is 60.7 Å². The molecule has 2 N–H and O–H groups in total. The Bertz CT molecular complexity index is 468. The van der Waals surface area contributed by atoms with Gasteiger partial charge in [0, 0.05) is 5.92 Å². The van der Waals surface area contributed by atoms with Crippen LogP contribution in [0.5, 0.6) is 0 Å². The van der Waals surface area contributed by atoms with E-state index in [1.807, 2.05) is 60.7 Å². The van der Waals surface area contributed by atoms with Crippen LogP contribution in [0.3, 0.4) is 0 Å². The average Bonchev–Trinajstić information content (AvgIpc) is 2.41. The van der Waals surface area contributed by atoms with Gasteiger partial charge in [-0.25, -0.2) is 4.79 Å². The monoisotopic (exact) mass is 242 g/mol. The first-order chi connectivity index (χ1) is 8.70. The van der Waals surface area contributed by atoms with E-state index in [2.05, 4.69) is 0 Å². The van der Waals surface area contributed by atoms with Crippen LogP contribution in [0.1, 0.15) is 17.0 Å². The number of hydrogen-bond acceptors (Lipinski definition) is 2. The lowest BCUT2D eigenvalue weighted by Gasteiger charge is -2.20. The number of aliphatic hydroxyl groups excluding tert-OH is 1. The maximum absolute atomic E-state index is 11.0. The van der Waals surface area contributed by atoms with E-state index in [1.165, 1.54) is 0 Å². The SMILES string of the molecule is O=C(O)[C@H](O)C(c1ccccc1)c1ccccc1. The summed E-state index contributed by atoms with van der Waals surface area (Å²) in [7, 11) is 0. The highest BCUT2D eigenvalue weighted by molar-refractivity contribution is 5.74. The molecule has 0 spiro atoms. The molecule has 18 heavy (non-hydrogen) atoms. The molecule has 0 bridgehead atoms. The van der Waals surface area contributed by atoms with Crippen LogP contribution in [0.2, 0.25) is 0 Å². The van der Waals surface area contributed by atoms with Gasteiger partial charge >= 0.3 is 5.97 Å². The van der Waals surface area contributed by atoms with Crippen molar-refractivity contribution < 1.29 is 15.0 Å². The van der Waals surface area contributed by atoms with Crippen molar-refractivity contribution in [1.29, 1.82) is 0 Å². The molecule has 0 saturated carbocycles. The van der Waals surface area contributed by atoms with Gasteiger partial charge in [-0.3, -0.25) is 0 Å². The summed E-state index contributed by atoms with van der Waals surface area (Å²) in [6.07, 6.45) is -1.45. The zero-order valence-electron chi connectivity index (χ0n) is 9.73. The van der Waals surface area contributed by atoms with Crippen LogP contribution >= 0.6 is 0 Å². The molecule has 0 heterocycles. The van der Waals surface area contributed by atoms with E-state index in [-0.39, 0.29) is 0 Å². The number of aliphatic hydroxyl groups is 1. The Kier molecular flexibility index (Phi) is 3.75. The Balaban J connectivity index is 2.45. The maximum Gasteiger partial charge on any atom is 0.333 e. The van der Waals surface area contributed by atoms with Gasteiger partial charge in [-0.2, -0.15) is 0 Å². The second kappa shape index (κ2) is 5.47. The second-order valence-corrected chi connectivity index (χ2v) is 4.08. The van der Waals surface area contributed by atoms with Crippen molar-refractivity contribution in [3.63, 3.8) is 0 Å². The standard InChI is InChI=1S/C15H14O3/c16-14(15(17)18)13(11-7-3-1-4-8-11)12-9-5-2-6-10-12/h1-10,13-14,16H,(H,17,18)/t14-/m1/s1. The average molecular weight is 242 g/mol. The van der Waals surface area contributed by atoms with E-state index in [9.17, 15) is 9.90 Å². The Morgan fingerprint density at radius 2 is 1.22 bits per heavy atom. The molecule has 92 valence electrons. The molecule has 0 aliphatic rings. The highest BCUT2D eigenvalue weighted by atomic mass is 16.4. The first-order valence-electron chi connectivity index (χ1n) is 5.71. The largest absolute Gasteiger partial charge is 0.479 e. The number of carboxylic acid groups (broad SMARTS) is 1. The van der Waals surface area contributed by atoms with E-state index in [0.29, 0.717) is 0 Å². The smallest absolute Gasteiger partial charge is 0.333 e. The van der Waals surface area contributed by atoms with Gasteiger partial charge < -0.3 is 10.2 Å². The lowest BCUT2D eigenvalue weighted by Crippen LogP contribution is -2.28. The van der Waals surface area contributed by atoms with Crippen LogP contribution in [-0.4, -0.2) is 22.3 Å². The van der Waals surface area contributed by atoms with Gasteiger partial charge in [0.15, 0.2) is 6.10 Å². The van der Waals surface area contributed by atoms with Crippen LogP contribution < -0.4 is 0 Å². The molecule has 2 rings (SSSR count). The van der Waals surface area contributed by atoms with Gasteiger partial charge in [-0.05, 0) is 11.1 Å². The van der Waals surface area contributed by atoms with Gasteiger partial charge in [0.05, 0.1) is 0 Å². The quantitative estimate of drug-likeness (QED) is 0.864. The summed E-state index contributed by atoms with van der Waals surface area (Å²) in [6, 6.07) is 18.3. The number of benzene rings is 2. The molecule has 0 aliphatic heterocycles. The van der Waals surface area contributed by atoms with E-state index >= 15 is 0 Å². The summed E-state index contributed by atoms with van der Waals surface area (Å²) >= 11 is 0. The minimum Gasteiger partial charge on any atom is -0.479 e. The number of rotatable bonds is 4. The highest BCUT2D eigenvalue weighted by Crippen LogP contribution is 2.28. The predicted molar refractivity (Wildman–Crippen MR) is 68.4 cm³/mol. The Morgan fingerprint density at radius 3 is 1.56 bits per heavy atom. The molecule has 0 fully saturated rings. The van der Waals surface area contributed by atoms with E-state index < -0.39 is 18.0 Å². The number of carbonyl (C=O) groups is 1. The molecular weight excluding hydrogens is 228 g/mol. The van der Waals surface area contributed by atoms with Crippen molar-refractivity contribution in [2.75, 3.05) is 0 Å². The molecule has 0 saturated heterocycles. The zero-order chi connectivity index (χ0) is 13.0.